The molecule has 6 atom stereocenters. The molecule has 19 heteroatoms. The van der Waals surface area contributed by atoms with Gasteiger partial charge in [0, 0.05) is 25.7 Å². The highest BCUT2D eigenvalue weighted by atomic mass is 31.2. The fourth-order valence-corrected chi connectivity index (χ4v) is 14.3. The topological polar surface area (TPSA) is 237 Å². The molecule has 17 nitrogen and oxygen atoms in total. The Morgan fingerprint density at radius 1 is 0.287 bits per heavy atom. The molecule has 0 spiro atoms. The van der Waals surface area contributed by atoms with Gasteiger partial charge in [0.05, 0.1) is 26.4 Å². The summed E-state index contributed by atoms with van der Waals surface area (Å²) in [5, 5.41) is 10.6. The molecule has 0 aromatic heterocycles. The van der Waals surface area contributed by atoms with E-state index in [4.69, 9.17) is 37.0 Å². The summed E-state index contributed by atoms with van der Waals surface area (Å²) in [7, 11) is -9.92. The second-order valence-corrected chi connectivity index (χ2v) is 33.1. The number of phosphoric acid groups is 2. The Morgan fingerprint density at radius 2 is 0.505 bits per heavy atom. The fourth-order valence-electron chi connectivity index (χ4n) is 12.7. The molecule has 0 aliphatic rings. The number of carbonyl (C=O) groups excluding carboxylic acids is 4. The summed E-state index contributed by atoms with van der Waals surface area (Å²) in [6.45, 7) is 9.65. The van der Waals surface area contributed by atoms with Crippen LogP contribution >= 0.6 is 15.6 Å². The number of unbranched alkanes of at least 4 members (excludes halogenated alkanes) is 50. The molecule has 0 saturated heterocycles. The van der Waals surface area contributed by atoms with Crippen LogP contribution in [0.3, 0.4) is 0 Å². The summed E-state index contributed by atoms with van der Waals surface area (Å²) in [5.74, 6) is -0.540. The SMILES string of the molecule is CCCCCCCCCCCCCCCCCCCCCCCC(=O)O[C@H](COC(=O)CCCCCCCCCCCCCCCCC(C)C)COP(=O)(O)OC[C@@H](O)COP(=O)(O)OC[C@@H](COC(=O)CCCCCCCCCCCCC)OC(=O)CCCCCCCCCCC(C)CC. The lowest BCUT2D eigenvalue weighted by atomic mass is 9.99. The molecule has 0 aromatic carbocycles. The van der Waals surface area contributed by atoms with Crippen LogP contribution in [-0.2, 0) is 65.4 Å². The Kier molecular flexibility index (Phi) is 72.2. The van der Waals surface area contributed by atoms with Gasteiger partial charge in [0.1, 0.15) is 19.3 Å². The molecule has 0 aromatic rings. The van der Waals surface area contributed by atoms with Gasteiger partial charge in [0.25, 0.3) is 0 Å². The molecule has 0 radical (unpaired) electrons. The third kappa shape index (κ3) is 74.7. The first-order valence-corrected chi connectivity index (χ1v) is 45.5. The minimum absolute atomic E-state index is 0.106. The first-order valence-electron chi connectivity index (χ1n) is 42.5. The minimum Gasteiger partial charge on any atom is -0.462 e. The molecule has 0 aliphatic heterocycles. The van der Waals surface area contributed by atoms with Crippen molar-refractivity contribution in [2.45, 2.75) is 452 Å². The van der Waals surface area contributed by atoms with Gasteiger partial charge in [-0.25, -0.2) is 9.13 Å². The molecule has 0 aliphatic carbocycles. The zero-order valence-corrected chi connectivity index (χ0v) is 68.0. The Bertz CT molecular complexity index is 1940. The molecule has 0 bridgehead atoms. The Balaban J connectivity index is 5.23. The van der Waals surface area contributed by atoms with Gasteiger partial charge in [-0.2, -0.15) is 0 Å². The Hall–Kier alpha value is -1.94. The second-order valence-electron chi connectivity index (χ2n) is 30.2. The minimum atomic E-state index is -4.96. The lowest BCUT2D eigenvalue weighted by molar-refractivity contribution is -0.161. The maximum Gasteiger partial charge on any atom is 0.472 e. The largest absolute Gasteiger partial charge is 0.472 e. The van der Waals surface area contributed by atoms with Crippen LogP contribution in [0.15, 0.2) is 0 Å². The fraction of sp³-hybridized carbons (Fsp3) is 0.951. The number of aliphatic hydroxyl groups excluding tert-OH is 1. The van der Waals surface area contributed by atoms with Gasteiger partial charge in [-0.3, -0.25) is 37.3 Å². The number of hydrogen-bond acceptors (Lipinski definition) is 15. The normalized spacial score (nSPS) is 14.2. The summed E-state index contributed by atoms with van der Waals surface area (Å²) in [6.07, 6.45) is 63.8. The maximum absolute atomic E-state index is 13.1. The smallest absolute Gasteiger partial charge is 0.462 e. The maximum atomic E-state index is 13.1. The van der Waals surface area contributed by atoms with E-state index in [-0.39, 0.29) is 25.7 Å². The number of hydrogen-bond donors (Lipinski definition) is 3. The number of aliphatic hydroxyl groups is 1. The van der Waals surface area contributed by atoms with Crippen molar-refractivity contribution in [2.75, 3.05) is 39.6 Å². The first kappa shape index (κ1) is 99.1. The molecule has 0 heterocycles. The summed E-state index contributed by atoms with van der Waals surface area (Å²) in [4.78, 5) is 73.0. The van der Waals surface area contributed by atoms with E-state index in [1.807, 2.05) is 0 Å². The Labute approximate surface area is 619 Å². The van der Waals surface area contributed by atoms with Crippen molar-refractivity contribution in [3.8, 4) is 0 Å². The number of esters is 4. The predicted octanol–water partition coefficient (Wildman–Crippen LogP) is 24.7. The van der Waals surface area contributed by atoms with E-state index < -0.39 is 97.5 Å². The first-order chi connectivity index (χ1) is 48.9. The Morgan fingerprint density at radius 3 is 0.752 bits per heavy atom. The van der Waals surface area contributed by atoms with E-state index in [0.29, 0.717) is 25.7 Å². The number of phosphoric ester groups is 2. The van der Waals surface area contributed by atoms with E-state index in [2.05, 4.69) is 41.5 Å². The van der Waals surface area contributed by atoms with Crippen molar-refractivity contribution in [3.63, 3.8) is 0 Å². The van der Waals surface area contributed by atoms with E-state index in [9.17, 15) is 43.2 Å². The molecule has 3 N–H and O–H groups in total. The van der Waals surface area contributed by atoms with E-state index in [0.717, 1.165) is 102 Å². The third-order valence-corrected chi connectivity index (χ3v) is 21.5. The van der Waals surface area contributed by atoms with Crippen molar-refractivity contribution in [3.05, 3.63) is 0 Å². The van der Waals surface area contributed by atoms with Crippen LogP contribution < -0.4 is 0 Å². The molecule has 0 saturated carbocycles. The van der Waals surface area contributed by atoms with Crippen LogP contribution in [0.25, 0.3) is 0 Å². The van der Waals surface area contributed by atoms with Crippen molar-refractivity contribution >= 4 is 39.5 Å². The van der Waals surface area contributed by atoms with Gasteiger partial charge in [-0.1, -0.05) is 382 Å². The highest BCUT2D eigenvalue weighted by Gasteiger charge is 2.30. The van der Waals surface area contributed by atoms with Crippen LogP contribution in [-0.4, -0.2) is 96.7 Å². The van der Waals surface area contributed by atoms with Gasteiger partial charge in [-0.05, 0) is 37.5 Å². The monoisotopic (exact) mass is 1480 g/mol. The van der Waals surface area contributed by atoms with Crippen LogP contribution in [0.5, 0.6) is 0 Å². The summed E-state index contributed by atoms with van der Waals surface area (Å²) < 4.78 is 68.7. The zero-order valence-electron chi connectivity index (χ0n) is 66.2. The third-order valence-electron chi connectivity index (χ3n) is 19.6. The van der Waals surface area contributed by atoms with E-state index >= 15 is 0 Å². The molecule has 101 heavy (non-hydrogen) atoms. The number of carbonyl (C=O) groups is 4. The molecule has 0 fully saturated rings. The highest BCUT2D eigenvalue weighted by molar-refractivity contribution is 7.47. The van der Waals surface area contributed by atoms with Gasteiger partial charge in [0.2, 0.25) is 0 Å². The average molecular weight is 1480 g/mol. The molecular weight excluding hydrogens is 1320 g/mol. The summed E-state index contributed by atoms with van der Waals surface area (Å²) in [5.41, 5.74) is 0. The van der Waals surface area contributed by atoms with Gasteiger partial charge in [-0.15, -0.1) is 0 Å². The molecule has 0 rings (SSSR count). The van der Waals surface area contributed by atoms with E-state index in [1.54, 1.807) is 0 Å². The van der Waals surface area contributed by atoms with Crippen molar-refractivity contribution < 1.29 is 80.2 Å². The molecular formula is C82H160O17P2. The van der Waals surface area contributed by atoms with Crippen LogP contribution in [0.1, 0.15) is 433 Å². The molecule has 600 valence electrons. The average Bonchev–Trinajstić information content (AvgIpc) is 0.960. The predicted molar refractivity (Wildman–Crippen MR) is 414 cm³/mol. The molecule has 0 amide bonds. The zero-order chi connectivity index (χ0) is 74.2. The summed E-state index contributed by atoms with van der Waals surface area (Å²) in [6, 6.07) is 0. The second kappa shape index (κ2) is 73.6. The van der Waals surface area contributed by atoms with Crippen molar-refractivity contribution in [2.24, 2.45) is 11.8 Å². The van der Waals surface area contributed by atoms with Crippen molar-refractivity contribution in [1.82, 2.24) is 0 Å². The highest BCUT2D eigenvalue weighted by Crippen LogP contribution is 2.45. The van der Waals surface area contributed by atoms with Crippen LogP contribution in [0.4, 0.5) is 0 Å². The standard InChI is InChI=1S/C82H160O17P2/c1-7-10-12-14-16-18-20-21-22-23-24-25-26-27-28-33-37-41-48-54-60-66-81(86)98-77(70-93-80(85)65-59-53-47-40-36-32-30-29-31-35-38-44-50-56-62-74(4)5)72-96-100(88,89)94-68-76(83)69-95-101(90,91)97-73-78(71-92-79(84)64-58-52-46-39-34-19-17-15-13-11-8-2)99-82(87)67-61-55-49-43-42-45-51-57-63-75(6)9-3/h74-78,83H,7-73H2,1-6H3,(H,88,89)(H,90,91)/t75?,76-,77-,78-/m1/s1. The van der Waals surface area contributed by atoms with Crippen molar-refractivity contribution in [1.29, 1.82) is 0 Å². The van der Waals surface area contributed by atoms with Gasteiger partial charge in [0.15, 0.2) is 12.2 Å². The quantitative estimate of drug-likeness (QED) is 0.0222. The van der Waals surface area contributed by atoms with E-state index in [1.165, 1.54) is 250 Å². The number of ether oxygens (including phenoxy) is 4. The lowest BCUT2D eigenvalue weighted by Gasteiger charge is -2.21. The molecule has 3 unspecified atom stereocenters. The number of rotatable bonds is 81. The van der Waals surface area contributed by atoms with Gasteiger partial charge < -0.3 is 33.8 Å². The van der Waals surface area contributed by atoms with Crippen LogP contribution in [0, 0.1) is 11.8 Å². The lowest BCUT2D eigenvalue weighted by Crippen LogP contribution is -2.30. The summed E-state index contributed by atoms with van der Waals surface area (Å²) >= 11 is 0. The van der Waals surface area contributed by atoms with Crippen LogP contribution in [0.2, 0.25) is 0 Å². The van der Waals surface area contributed by atoms with Gasteiger partial charge >= 0.3 is 39.5 Å².